The van der Waals surface area contributed by atoms with Crippen molar-refractivity contribution in [1.29, 1.82) is 0 Å². The molecule has 0 amide bonds. The van der Waals surface area contributed by atoms with Crippen molar-refractivity contribution in [2.45, 2.75) is 0 Å². The van der Waals surface area contributed by atoms with E-state index in [4.69, 9.17) is 11.6 Å². The maximum atomic E-state index is 10.5. The molecule has 1 atom stereocenters. The molecule has 1 rings (SSSR count). The number of nitrogens with one attached hydrogen (secondary N) is 1. The maximum Gasteiger partial charge on any atom is 0.294 e. The summed E-state index contributed by atoms with van der Waals surface area (Å²) >= 11 is 2.91. The SMILES string of the molecule is O=[N+]([O-])c1cc(Cl)ccc1NS(=O)[O-].[Na]. The fourth-order valence-corrected chi connectivity index (χ4v) is 1.35. The minimum atomic E-state index is -2.60. The smallest absolute Gasteiger partial charge is 0.294 e. The van der Waals surface area contributed by atoms with Gasteiger partial charge in [0.15, 0.2) is 0 Å². The van der Waals surface area contributed by atoms with Gasteiger partial charge in [-0.2, -0.15) is 0 Å². The molecule has 1 aromatic rings. The predicted molar refractivity (Wildman–Crippen MR) is 56.4 cm³/mol. The molecule has 0 fully saturated rings. The van der Waals surface area contributed by atoms with Crippen LogP contribution in [0.1, 0.15) is 0 Å². The van der Waals surface area contributed by atoms with Gasteiger partial charge in [0.05, 0.1) is 4.92 Å². The molecule has 0 spiro atoms. The van der Waals surface area contributed by atoms with E-state index in [0.29, 0.717) is 0 Å². The van der Waals surface area contributed by atoms with E-state index in [0.717, 1.165) is 6.07 Å². The second-order valence-electron chi connectivity index (χ2n) is 2.26. The summed E-state index contributed by atoms with van der Waals surface area (Å²) in [6.07, 6.45) is 0. The van der Waals surface area contributed by atoms with Gasteiger partial charge in [-0.3, -0.25) is 14.3 Å². The Kier molecular flexibility index (Phi) is 6.34. The van der Waals surface area contributed by atoms with Gasteiger partial charge in [-0.1, -0.05) is 11.6 Å². The third kappa shape index (κ3) is 4.45. The number of nitro benzene ring substituents is 1. The third-order valence-corrected chi connectivity index (χ3v) is 1.97. The molecule has 1 N–H and O–H groups in total. The molecule has 1 unspecified atom stereocenters. The van der Waals surface area contributed by atoms with E-state index < -0.39 is 16.2 Å². The summed E-state index contributed by atoms with van der Waals surface area (Å²) in [6.45, 7) is 0. The summed E-state index contributed by atoms with van der Waals surface area (Å²) in [5.41, 5.74) is -0.505. The van der Waals surface area contributed by atoms with E-state index in [1.54, 1.807) is 0 Å². The van der Waals surface area contributed by atoms with Crippen LogP contribution in [0.3, 0.4) is 0 Å². The zero-order valence-corrected chi connectivity index (χ0v) is 11.2. The molecule has 0 aromatic heterocycles. The fourth-order valence-electron chi connectivity index (χ4n) is 0.832. The Bertz CT molecular complexity index is 403. The zero-order chi connectivity index (χ0) is 10.7. The van der Waals surface area contributed by atoms with Crippen LogP contribution in [0.4, 0.5) is 11.4 Å². The molecular weight excluding hydrogens is 255 g/mol. The van der Waals surface area contributed by atoms with Crippen LogP contribution in [0.15, 0.2) is 18.2 Å². The molecule has 0 aliphatic rings. The molecule has 0 bridgehead atoms. The standard InChI is InChI=1S/C6H5ClN2O4S.Na/c7-4-1-2-5(8-14(12)13)6(3-4)9(10)11;/h1-3,8H,(H,12,13);/p-1. The second kappa shape index (κ2) is 6.41. The molecule has 9 heteroatoms. The average molecular weight is 259 g/mol. The van der Waals surface area contributed by atoms with Crippen LogP contribution in [0.25, 0.3) is 0 Å². The second-order valence-corrected chi connectivity index (χ2v) is 3.37. The fraction of sp³-hybridized carbons (Fsp3) is 0. The average Bonchev–Trinajstić information content (AvgIpc) is 2.07. The van der Waals surface area contributed by atoms with E-state index in [1.165, 1.54) is 12.1 Å². The summed E-state index contributed by atoms with van der Waals surface area (Å²) < 4.78 is 22.4. The van der Waals surface area contributed by atoms with Gasteiger partial charge in [-0.05, 0) is 12.1 Å². The van der Waals surface area contributed by atoms with Gasteiger partial charge < -0.3 is 9.27 Å². The summed E-state index contributed by atoms with van der Waals surface area (Å²) in [5.74, 6) is 0. The summed E-state index contributed by atoms with van der Waals surface area (Å²) in [6, 6.07) is 3.64. The topological polar surface area (TPSA) is 95.3 Å². The monoisotopic (exact) mass is 258 g/mol. The molecule has 0 aliphatic carbocycles. The zero-order valence-electron chi connectivity index (χ0n) is 7.60. The van der Waals surface area contributed by atoms with Gasteiger partial charge in [0.25, 0.3) is 5.69 Å². The molecule has 1 aromatic carbocycles. The van der Waals surface area contributed by atoms with E-state index in [9.17, 15) is 18.9 Å². The molecule has 0 saturated carbocycles. The van der Waals surface area contributed by atoms with Crippen LogP contribution in [0.2, 0.25) is 5.02 Å². The van der Waals surface area contributed by atoms with Crippen molar-refractivity contribution < 1.29 is 13.7 Å². The van der Waals surface area contributed by atoms with Gasteiger partial charge in [0.2, 0.25) is 0 Å². The van der Waals surface area contributed by atoms with Crippen molar-refractivity contribution in [2.24, 2.45) is 0 Å². The van der Waals surface area contributed by atoms with Crippen LogP contribution in [0.5, 0.6) is 0 Å². The molecular formula is C6H4ClN2NaO4S-. The van der Waals surface area contributed by atoms with Crippen LogP contribution < -0.4 is 4.72 Å². The Balaban J connectivity index is 0.00000196. The van der Waals surface area contributed by atoms with Gasteiger partial charge in [0, 0.05) is 51.9 Å². The Labute approximate surface area is 115 Å². The Morgan fingerprint density at radius 3 is 2.53 bits per heavy atom. The van der Waals surface area contributed by atoms with Crippen molar-refractivity contribution in [3.8, 4) is 0 Å². The van der Waals surface area contributed by atoms with E-state index >= 15 is 0 Å². The predicted octanol–water partition coefficient (Wildman–Crippen LogP) is 1.07. The minimum Gasteiger partial charge on any atom is -0.755 e. The minimum absolute atomic E-state index is 0. The van der Waals surface area contributed by atoms with Crippen molar-refractivity contribution in [1.82, 2.24) is 0 Å². The summed E-state index contributed by atoms with van der Waals surface area (Å²) in [7, 11) is 0. The van der Waals surface area contributed by atoms with Crippen molar-refractivity contribution in [3.05, 3.63) is 33.3 Å². The number of anilines is 1. The molecule has 0 aliphatic heterocycles. The van der Waals surface area contributed by atoms with Crippen molar-refractivity contribution >= 4 is 63.8 Å². The van der Waals surface area contributed by atoms with Gasteiger partial charge >= 0.3 is 0 Å². The normalized spacial score (nSPS) is 11.3. The first-order valence-electron chi connectivity index (χ1n) is 3.30. The molecule has 0 heterocycles. The number of nitrogens with zero attached hydrogens (tertiary/aromatic N) is 1. The first kappa shape index (κ1) is 14.8. The number of rotatable bonds is 3. The van der Waals surface area contributed by atoms with Crippen LogP contribution in [-0.4, -0.2) is 43.2 Å². The van der Waals surface area contributed by atoms with E-state index in [-0.39, 0.29) is 46.0 Å². The Hall–Kier alpha value is -0.180. The number of hydrogen-bond donors (Lipinski definition) is 1. The van der Waals surface area contributed by atoms with E-state index in [1.807, 2.05) is 4.72 Å². The molecule has 6 nitrogen and oxygen atoms in total. The van der Waals surface area contributed by atoms with Crippen LogP contribution in [0, 0.1) is 10.1 Å². The summed E-state index contributed by atoms with van der Waals surface area (Å²) in [4.78, 5) is 9.74. The molecule has 15 heavy (non-hydrogen) atoms. The van der Waals surface area contributed by atoms with Gasteiger partial charge in [-0.25, -0.2) is 0 Å². The number of benzene rings is 1. The van der Waals surface area contributed by atoms with Crippen LogP contribution >= 0.6 is 11.6 Å². The Morgan fingerprint density at radius 2 is 2.07 bits per heavy atom. The maximum absolute atomic E-state index is 10.5. The molecule has 1 radical (unpaired) electrons. The largest absolute Gasteiger partial charge is 0.755 e. The number of halogens is 1. The molecule has 0 saturated heterocycles. The Morgan fingerprint density at radius 1 is 1.47 bits per heavy atom. The third-order valence-electron chi connectivity index (χ3n) is 1.35. The summed E-state index contributed by atoms with van der Waals surface area (Å²) in [5, 5.41) is 10.6. The number of hydrogen-bond acceptors (Lipinski definition) is 4. The number of nitro groups is 1. The van der Waals surface area contributed by atoms with Crippen LogP contribution in [-0.2, 0) is 11.3 Å². The first-order chi connectivity index (χ1) is 6.50. The van der Waals surface area contributed by atoms with Crippen molar-refractivity contribution in [2.75, 3.05) is 4.72 Å². The molecule has 77 valence electrons. The van der Waals surface area contributed by atoms with Gasteiger partial charge in [0.1, 0.15) is 5.69 Å². The van der Waals surface area contributed by atoms with Gasteiger partial charge in [-0.15, -0.1) is 0 Å². The quantitative estimate of drug-likeness (QED) is 0.380. The van der Waals surface area contributed by atoms with Crippen molar-refractivity contribution in [3.63, 3.8) is 0 Å². The van der Waals surface area contributed by atoms with E-state index in [2.05, 4.69) is 0 Å². The first-order valence-corrected chi connectivity index (χ1v) is 4.76.